The number of aromatic carboxylic acids is 1. The van der Waals surface area contributed by atoms with E-state index in [9.17, 15) is 14.7 Å². The number of nitrogens with one attached hydrogen (secondary N) is 1. The van der Waals surface area contributed by atoms with E-state index in [1.807, 2.05) is 66.7 Å². The Balaban J connectivity index is 1.39. The van der Waals surface area contributed by atoms with Crippen LogP contribution in [0, 0.1) is 26.2 Å². The third-order valence-corrected chi connectivity index (χ3v) is 8.02. The lowest BCUT2D eigenvalue weighted by atomic mass is 9.97. The quantitative estimate of drug-likeness (QED) is 0.192. The van der Waals surface area contributed by atoms with Crippen LogP contribution in [0.3, 0.4) is 0 Å². The molecule has 1 unspecified atom stereocenters. The molecular weight excluding hydrogens is 520 g/mol. The number of carboxylic acid groups (broad SMARTS) is 1. The number of hydrogen-bond donors (Lipinski definition) is 2. The molecule has 2 N–H and O–H groups in total. The molecule has 0 aliphatic heterocycles. The third-order valence-electron chi connectivity index (χ3n) is 8.02. The van der Waals surface area contributed by atoms with Crippen molar-refractivity contribution < 1.29 is 14.7 Å². The first kappa shape index (κ1) is 28.4. The molecule has 5 aromatic rings. The third kappa shape index (κ3) is 5.57. The Kier molecular flexibility index (Phi) is 7.99. The summed E-state index contributed by atoms with van der Waals surface area (Å²) in [6.07, 6.45) is 5.84. The minimum Gasteiger partial charge on any atom is -0.478 e. The number of carbonyl (C=O) groups is 2. The van der Waals surface area contributed by atoms with E-state index in [1.165, 1.54) is 5.56 Å². The fourth-order valence-corrected chi connectivity index (χ4v) is 5.42. The van der Waals surface area contributed by atoms with Gasteiger partial charge in [-0.15, -0.1) is 6.42 Å². The van der Waals surface area contributed by atoms with Crippen molar-refractivity contribution in [3.8, 4) is 23.5 Å². The van der Waals surface area contributed by atoms with Crippen LogP contribution in [-0.4, -0.2) is 21.6 Å². The topological polar surface area (TPSA) is 71.3 Å². The van der Waals surface area contributed by atoms with Gasteiger partial charge in [-0.3, -0.25) is 4.79 Å². The van der Waals surface area contributed by atoms with E-state index in [0.29, 0.717) is 23.6 Å². The fraction of sp³-hybridized carbons (Fsp3) is 0.189. The number of benzene rings is 4. The van der Waals surface area contributed by atoms with Gasteiger partial charge in [0.05, 0.1) is 5.56 Å². The Labute approximate surface area is 246 Å². The smallest absolute Gasteiger partial charge is 0.336 e. The summed E-state index contributed by atoms with van der Waals surface area (Å²) in [6, 6.07) is 28.3. The van der Waals surface area contributed by atoms with Crippen molar-refractivity contribution in [2.45, 2.75) is 46.2 Å². The maximum Gasteiger partial charge on any atom is 0.336 e. The van der Waals surface area contributed by atoms with Crippen LogP contribution in [0.5, 0.6) is 0 Å². The fourth-order valence-electron chi connectivity index (χ4n) is 5.42. The van der Waals surface area contributed by atoms with Gasteiger partial charge in [0, 0.05) is 28.7 Å². The van der Waals surface area contributed by atoms with Crippen molar-refractivity contribution in [1.29, 1.82) is 0 Å². The van der Waals surface area contributed by atoms with Gasteiger partial charge < -0.3 is 15.0 Å². The van der Waals surface area contributed by atoms with Crippen LogP contribution in [0.15, 0.2) is 91.0 Å². The first-order valence-electron chi connectivity index (χ1n) is 14.1. The Hall–Kier alpha value is -5.08. The number of nitrogens with zero attached hydrogens (tertiary/aromatic N) is 1. The van der Waals surface area contributed by atoms with Gasteiger partial charge in [-0.05, 0) is 77.4 Å². The van der Waals surface area contributed by atoms with Crippen molar-refractivity contribution in [2.24, 2.45) is 0 Å². The average molecular weight is 555 g/mol. The van der Waals surface area contributed by atoms with Gasteiger partial charge in [0.25, 0.3) is 5.91 Å². The maximum absolute atomic E-state index is 13.3. The highest BCUT2D eigenvalue weighted by atomic mass is 16.4. The second-order valence-electron chi connectivity index (χ2n) is 11.0. The Morgan fingerprint density at radius 3 is 2.31 bits per heavy atom. The highest BCUT2D eigenvalue weighted by Crippen LogP contribution is 2.29. The summed E-state index contributed by atoms with van der Waals surface area (Å²) in [4.78, 5) is 25.0. The normalized spacial score (nSPS) is 11.8. The lowest BCUT2D eigenvalue weighted by molar-refractivity contribution is 0.0697. The molecule has 5 heteroatoms. The van der Waals surface area contributed by atoms with Crippen molar-refractivity contribution in [3.05, 3.63) is 130 Å². The number of carbonyl (C=O) groups excluding carboxylic acids is 1. The van der Waals surface area contributed by atoms with Crippen molar-refractivity contribution in [3.63, 3.8) is 0 Å². The van der Waals surface area contributed by atoms with E-state index < -0.39 is 12.0 Å². The molecule has 1 aromatic heterocycles. The molecule has 1 atom stereocenters. The molecule has 0 spiro atoms. The molecule has 5 rings (SSSR count). The molecule has 0 aliphatic carbocycles. The molecule has 42 heavy (non-hydrogen) atoms. The van der Waals surface area contributed by atoms with Crippen LogP contribution in [0.25, 0.3) is 22.0 Å². The van der Waals surface area contributed by atoms with Crippen LogP contribution < -0.4 is 5.32 Å². The molecule has 4 aromatic carbocycles. The first-order chi connectivity index (χ1) is 20.2. The highest BCUT2D eigenvalue weighted by Gasteiger charge is 2.18. The lowest BCUT2D eigenvalue weighted by Crippen LogP contribution is -2.27. The van der Waals surface area contributed by atoms with Gasteiger partial charge in [0.1, 0.15) is 6.04 Å². The zero-order valence-electron chi connectivity index (χ0n) is 24.3. The van der Waals surface area contributed by atoms with Crippen molar-refractivity contribution in [2.75, 3.05) is 0 Å². The van der Waals surface area contributed by atoms with Crippen LogP contribution >= 0.6 is 0 Å². The molecule has 210 valence electrons. The van der Waals surface area contributed by atoms with Gasteiger partial charge >= 0.3 is 5.97 Å². The van der Waals surface area contributed by atoms with Gasteiger partial charge in [-0.25, -0.2) is 4.79 Å². The van der Waals surface area contributed by atoms with Gasteiger partial charge in [0.2, 0.25) is 0 Å². The van der Waals surface area contributed by atoms with Crippen LogP contribution in [-0.2, 0) is 6.54 Å². The SMILES string of the molecule is C#CC(NC(=O)c1ccc2c(c1)c(C)c(C)n2Cc1ccc(-c2ccccc2C(=O)O)cc1)c1cccc(C(C)C)c1. The zero-order chi connectivity index (χ0) is 30.0. The molecule has 0 bridgehead atoms. The van der Waals surface area contributed by atoms with Crippen molar-refractivity contribution >= 4 is 22.8 Å². The molecule has 5 nitrogen and oxygen atoms in total. The van der Waals surface area contributed by atoms with Crippen LogP contribution in [0.1, 0.15) is 74.5 Å². The summed E-state index contributed by atoms with van der Waals surface area (Å²) < 4.78 is 2.24. The number of amides is 1. The summed E-state index contributed by atoms with van der Waals surface area (Å²) >= 11 is 0. The maximum atomic E-state index is 13.3. The first-order valence-corrected chi connectivity index (χ1v) is 14.1. The summed E-state index contributed by atoms with van der Waals surface area (Å²) in [6.45, 7) is 9.07. The predicted octanol–water partition coefficient (Wildman–Crippen LogP) is 7.90. The van der Waals surface area contributed by atoms with Crippen molar-refractivity contribution in [1.82, 2.24) is 9.88 Å². The minimum atomic E-state index is -0.942. The minimum absolute atomic E-state index is 0.211. The average Bonchev–Trinajstić information content (AvgIpc) is 3.24. The number of aromatic nitrogens is 1. The molecule has 0 fully saturated rings. The Bertz CT molecular complexity index is 1840. The van der Waals surface area contributed by atoms with E-state index in [-0.39, 0.29) is 11.5 Å². The summed E-state index contributed by atoms with van der Waals surface area (Å²) in [5, 5.41) is 13.6. The molecule has 1 heterocycles. The molecule has 0 radical (unpaired) electrons. The van der Waals surface area contributed by atoms with E-state index in [4.69, 9.17) is 6.42 Å². The van der Waals surface area contributed by atoms with E-state index in [1.54, 1.807) is 12.1 Å². The Morgan fingerprint density at radius 1 is 0.905 bits per heavy atom. The van der Waals surface area contributed by atoms with E-state index >= 15 is 0 Å². The van der Waals surface area contributed by atoms with Crippen LogP contribution in [0.4, 0.5) is 0 Å². The second-order valence-corrected chi connectivity index (χ2v) is 11.0. The lowest BCUT2D eigenvalue weighted by Gasteiger charge is -2.16. The highest BCUT2D eigenvalue weighted by molar-refractivity contribution is 5.99. The molecule has 0 saturated carbocycles. The number of hydrogen-bond acceptors (Lipinski definition) is 2. The zero-order valence-corrected chi connectivity index (χ0v) is 24.3. The van der Waals surface area contributed by atoms with E-state index in [0.717, 1.165) is 38.9 Å². The molecule has 1 amide bonds. The largest absolute Gasteiger partial charge is 0.478 e. The summed E-state index contributed by atoms with van der Waals surface area (Å²) in [5.41, 5.74) is 8.84. The predicted molar refractivity (Wildman–Crippen MR) is 169 cm³/mol. The monoisotopic (exact) mass is 554 g/mol. The second kappa shape index (κ2) is 11.8. The summed E-state index contributed by atoms with van der Waals surface area (Å²) in [5.74, 6) is 1.94. The molecular formula is C37H34N2O3. The van der Waals surface area contributed by atoms with Gasteiger partial charge in [-0.2, -0.15) is 0 Å². The standard InChI is InChI=1S/C37H34N2O3/c1-6-34(29-11-9-10-28(20-29)23(2)3)38-36(40)30-18-19-35-33(21-30)24(4)25(5)39(35)22-26-14-16-27(17-15-26)31-12-7-8-13-32(31)37(41)42/h1,7-21,23,34H,22H2,2-5H3,(H,38,40)(H,41,42). The number of terminal acetylenes is 1. The number of aryl methyl sites for hydroxylation is 1. The van der Waals surface area contributed by atoms with E-state index in [2.05, 4.69) is 55.6 Å². The molecule has 0 saturated heterocycles. The van der Waals surface area contributed by atoms with Gasteiger partial charge in [-0.1, -0.05) is 86.5 Å². The number of fused-ring (bicyclic) bond motifs is 1. The molecule has 0 aliphatic rings. The number of carboxylic acids is 1. The number of rotatable bonds is 8. The summed E-state index contributed by atoms with van der Waals surface area (Å²) in [7, 11) is 0. The van der Waals surface area contributed by atoms with Crippen LogP contribution in [0.2, 0.25) is 0 Å². The van der Waals surface area contributed by atoms with Gasteiger partial charge in [0.15, 0.2) is 0 Å². The Morgan fingerprint density at radius 2 is 1.62 bits per heavy atom.